The van der Waals surface area contributed by atoms with E-state index in [4.69, 9.17) is 15.2 Å². The Labute approximate surface area is 124 Å². The quantitative estimate of drug-likeness (QED) is 0.918. The van der Waals surface area contributed by atoms with Crippen molar-refractivity contribution < 1.29 is 14.3 Å². The molecule has 110 valence electrons. The van der Waals surface area contributed by atoms with Gasteiger partial charge in [0.05, 0.1) is 12.7 Å². The molecular weight excluding hydrogens is 266 g/mol. The Bertz CT molecular complexity index is 665. The number of carbonyl (C=O) groups is 1. The van der Waals surface area contributed by atoms with E-state index in [1.165, 1.54) is 5.56 Å². The van der Waals surface area contributed by atoms with Gasteiger partial charge >= 0.3 is 0 Å². The van der Waals surface area contributed by atoms with E-state index >= 15 is 0 Å². The topological polar surface area (TPSA) is 61.5 Å². The molecule has 0 aliphatic carbocycles. The molecule has 0 atom stereocenters. The van der Waals surface area contributed by atoms with Crippen LogP contribution in [0.5, 0.6) is 11.5 Å². The maximum atomic E-state index is 11.5. The fraction of sp³-hybridized carbons (Fsp3) is 0.235. The van der Waals surface area contributed by atoms with Crippen LogP contribution in [0.15, 0.2) is 36.4 Å². The zero-order valence-corrected chi connectivity index (χ0v) is 12.5. The normalized spacial score (nSPS) is 10.2. The number of hydrogen-bond acceptors (Lipinski definition) is 3. The second-order valence-electron chi connectivity index (χ2n) is 4.94. The van der Waals surface area contributed by atoms with Crippen molar-refractivity contribution in [2.24, 2.45) is 5.73 Å². The molecule has 0 aromatic heterocycles. The number of rotatable bonds is 5. The van der Waals surface area contributed by atoms with Crippen LogP contribution in [-0.4, -0.2) is 13.0 Å². The van der Waals surface area contributed by atoms with Crippen molar-refractivity contribution in [1.82, 2.24) is 0 Å². The van der Waals surface area contributed by atoms with E-state index in [0.717, 1.165) is 11.1 Å². The van der Waals surface area contributed by atoms with E-state index in [1.807, 2.05) is 13.8 Å². The SMILES string of the molecule is COc1ccc(C(N)=O)c(OCc2cc(C)ccc2C)c1. The molecule has 1 amide bonds. The summed E-state index contributed by atoms with van der Waals surface area (Å²) in [6.45, 7) is 4.43. The fourth-order valence-corrected chi connectivity index (χ4v) is 2.06. The molecule has 2 aromatic rings. The lowest BCUT2D eigenvalue weighted by Crippen LogP contribution is -2.13. The molecule has 2 aromatic carbocycles. The Balaban J connectivity index is 2.26. The fourth-order valence-electron chi connectivity index (χ4n) is 2.06. The van der Waals surface area contributed by atoms with Gasteiger partial charge in [-0.05, 0) is 37.1 Å². The first-order valence-electron chi connectivity index (χ1n) is 6.68. The zero-order valence-electron chi connectivity index (χ0n) is 12.5. The summed E-state index contributed by atoms with van der Waals surface area (Å²) in [6, 6.07) is 11.1. The molecule has 0 saturated heterocycles. The van der Waals surface area contributed by atoms with Crippen molar-refractivity contribution in [3.8, 4) is 11.5 Å². The predicted octanol–water partition coefficient (Wildman–Crippen LogP) is 2.99. The number of ether oxygens (including phenoxy) is 2. The molecule has 0 aliphatic heterocycles. The summed E-state index contributed by atoms with van der Waals surface area (Å²) < 4.78 is 10.9. The Kier molecular flexibility index (Phi) is 4.48. The largest absolute Gasteiger partial charge is 0.497 e. The summed E-state index contributed by atoms with van der Waals surface area (Å²) >= 11 is 0. The van der Waals surface area contributed by atoms with Gasteiger partial charge in [-0.25, -0.2) is 0 Å². The van der Waals surface area contributed by atoms with Crippen LogP contribution in [0.2, 0.25) is 0 Å². The van der Waals surface area contributed by atoms with E-state index in [2.05, 4.69) is 18.2 Å². The van der Waals surface area contributed by atoms with Crippen LogP contribution in [0.1, 0.15) is 27.0 Å². The van der Waals surface area contributed by atoms with Crippen molar-refractivity contribution in [2.75, 3.05) is 7.11 Å². The molecular formula is C17H19NO3. The Morgan fingerprint density at radius 2 is 1.90 bits per heavy atom. The minimum Gasteiger partial charge on any atom is -0.497 e. The second-order valence-corrected chi connectivity index (χ2v) is 4.94. The van der Waals surface area contributed by atoms with Crippen LogP contribution < -0.4 is 15.2 Å². The molecule has 0 spiro atoms. The number of carbonyl (C=O) groups excluding carboxylic acids is 1. The molecule has 0 heterocycles. The van der Waals surface area contributed by atoms with Gasteiger partial charge in [0.2, 0.25) is 0 Å². The lowest BCUT2D eigenvalue weighted by molar-refractivity contribution is 0.0996. The average Bonchev–Trinajstić information content (AvgIpc) is 2.47. The molecule has 4 nitrogen and oxygen atoms in total. The van der Waals surface area contributed by atoms with Crippen molar-refractivity contribution in [3.05, 3.63) is 58.7 Å². The summed E-state index contributed by atoms with van der Waals surface area (Å²) in [5.41, 5.74) is 9.10. The van der Waals surface area contributed by atoms with Gasteiger partial charge in [0.25, 0.3) is 5.91 Å². The number of hydrogen-bond donors (Lipinski definition) is 1. The molecule has 0 aliphatic rings. The highest BCUT2D eigenvalue weighted by molar-refractivity contribution is 5.95. The second kappa shape index (κ2) is 6.31. The Morgan fingerprint density at radius 1 is 1.14 bits per heavy atom. The third-order valence-electron chi connectivity index (χ3n) is 3.34. The highest BCUT2D eigenvalue weighted by Gasteiger charge is 2.11. The smallest absolute Gasteiger partial charge is 0.252 e. The highest BCUT2D eigenvalue weighted by Crippen LogP contribution is 2.26. The monoisotopic (exact) mass is 285 g/mol. The van der Waals surface area contributed by atoms with Gasteiger partial charge in [0.1, 0.15) is 18.1 Å². The standard InChI is InChI=1S/C17H19NO3/c1-11-4-5-12(2)13(8-11)10-21-16-9-14(20-3)6-7-15(16)17(18)19/h4-9H,10H2,1-3H3,(H2,18,19). The summed E-state index contributed by atoms with van der Waals surface area (Å²) in [5.74, 6) is 0.535. The number of aryl methyl sites for hydroxylation is 2. The summed E-state index contributed by atoms with van der Waals surface area (Å²) in [7, 11) is 1.56. The van der Waals surface area contributed by atoms with Crippen LogP contribution in [0, 0.1) is 13.8 Å². The molecule has 0 radical (unpaired) electrons. The van der Waals surface area contributed by atoms with E-state index < -0.39 is 5.91 Å². The molecule has 4 heteroatoms. The summed E-state index contributed by atoms with van der Waals surface area (Å²) in [4.78, 5) is 11.5. The van der Waals surface area contributed by atoms with Gasteiger partial charge in [-0.1, -0.05) is 23.8 Å². The number of primary amides is 1. The van der Waals surface area contributed by atoms with E-state index in [0.29, 0.717) is 23.7 Å². The van der Waals surface area contributed by atoms with Crippen molar-refractivity contribution in [3.63, 3.8) is 0 Å². The van der Waals surface area contributed by atoms with Gasteiger partial charge in [0.15, 0.2) is 0 Å². The van der Waals surface area contributed by atoms with Crippen LogP contribution in [0.3, 0.4) is 0 Å². The van der Waals surface area contributed by atoms with E-state index in [1.54, 1.807) is 25.3 Å². The molecule has 2 N–H and O–H groups in total. The molecule has 0 fully saturated rings. The average molecular weight is 285 g/mol. The minimum atomic E-state index is -0.520. The van der Waals surface area contributed by atoms with Crippen molar-refractivity contribution in [2.45, 2.75) is 20.5 Å². The predicted molar refractivity (Wildman–Crippen MR) is 81.8 cm³/mol. The van der Waals surface area contributed by atoms with Gasteiger partial charge in [-0.3, -0.25) is 4.79 Å². The summed E-state index contributed by atoms with van der Waals surface area (Å²) in [5, 5.41) is 0. The first-order valence-corrected chi connectivity index (χ1v) is 6.68. The molecule has 21 heavy (non-hydrogen) atoms. The lowest BCUT2D eigenvalue weighted by atomic mass is 10.1. The van der Waals surface area contributed by atoms with Gasteiger partial charge in [0, 0.05) is 6.07 Å². The summed E-state index contributed by atoms with van der Waals surface area (Å²) in [6.07, 6.45) is 0. The van der Waals surface area contributed by atoms with E-state index in [-0.39, 0.29) is 0 Å². The van der Waals surface area contributed by atoms with Gasteiger partial charge in [-0.15, -0.1) is 0 Å². The van der Waals surface area contributed by atoms with Gasteiger partial charge in [-0.2, -0.15) is 0 Å². The maximum Gasteiger partial charge on any atom is 0.252 e. The van der Waals surface area contributed by atoms with E-state index in [9.17, 15) is 4.79 Å². The number of nitrogens with two attached hydrogens (primary N) is 1. The molecule has 2 rings (SSSR count). The number of methoxy groups -OCH3 is 1. The van der Waals surface area contributed by atoms with Crippen molar-refractivity contribution in [1.29, 1.82) is 0 Å². The highest BCUT2D eigenvalue weighted by atomic mass is 16.5. The zero-order chi connectivity index (χ0) is 15.4. The Morgan fingerprint density at radius 3 is 2.57 bits per heavy atom. The number of benzene rings is 2. The molecule has 0 saturated carbocycles. The first kappa shape index (κ1) is 14.9. The van der Waals surface area contributed by atoms with Crippen molar-refractivity contribution >= 4 is 5.91 Å². The maximum absolute atomic E-state index is 11.5. The Hall–Kier alpha value is -2.49. The van der Waals surface area contributed by atoms with Crippen LogP contribution in [-0.2, 0) is 6.61 Å². The van der Waals surface area contributed by atoms with Crippen LogP contribution >= 0.6 is 0 Å². The molecule has 0 unspecified atom stereocenters. The third-order valence-corrected chi connectivity index (χ3v) is 3.34. The molecule has 0 bridgehead atoms. The van der Waals surface area contributed by atoms with Crippen LogP contribution in [0.25, 0.3) is 0 Å². The van der Waals surface area contributed by atoms with Gasteiger partial charge < -0.3 is 15.2 Å². The third kappa shape index (κ3) is 3.54. The minimum absolute atomic E-state index is 0.348. The lowest BCUT2D eigenvalue weighted by Gasteiger charge is -2.13. The number of amides is 1. The first-order chi connectivity index (χ1) is 10.0. The van der Waals surface area contributed by atoms with Crippen LogP contribution in [0.4, 0.5) is 0 Å².